The number of halogens is 1. The van der Waals surface area contributed by atoms with Gasteiger partial charge in [-0.2, -0.15) is 0 Å². The second kappa shape index (κ2) is 6.43. The Balaban J connectivity index is 1.86. The van der Waals surface area contributed by atoms with Crippen molar-refractivity contribution in [2.45, 2.75) is 25.8 Å². The molecule has 0 aliphatic carbocycles. The highest BCUT2D eigenvalue weighted by Crippen LogP contribution is 2.15. The molecule has 4 heteroatoms. The number of benzene rings is 1. The summed E-state index contributed by atoms with van der Waals surface area (Å²) in [6, 6.07) is 9.35. The predicted molar refractivity (Wildman–Crippen MR) is 75.2 cm³/mol. The average Bonchev–Trinajstić information content (AvgIpc) is 2.84. The molecule has 0 aliphatic rings. The zero-order valence-corrected chi connectivity index (χ0v) is 11.5. The van der Waals surface area contributed by atoms with E-state index in [1.807, 2.05) is 31.2 Å². The summed E-state index contributed by atoms with van der Waals surface area (Å²) in [6.07, 6.45) is 4.38. The lowest BCUT2D eigenvalue weighted by Gasteiger charge is -2.13. The molecular formula is C15H16ClNO2. The lowest BCUT2D eigenvalue weighted by Crippen LogP contribution is -2.35. The molecule has 0 spiro atoms. The van der Waals surface area contributed by atoms with E-state index in [2.05, 4.69) is 5.32 Å². The van der Waals surface area contributed by atoms with Gasteiger partial charge in [0.05, 0.1) is 18.9 Å². The fourth-order valence-electron chi connectivity index (χ4n) is 1.95. The summed E-state index contributed by atoms with van der Waals surface area (Å²) in [5, 5.41) is 3.58. The molecule has 1 aromatic carbocycles. The number of hydrogen-bond donors (Lipinski definition) is 1. The van der Waals surface area contributed by atoms with E-state index in [-0.39, 0.29) is 11.9 Å². The van der Waals surface area contributed by atoms with Gasteiger partial charge in [-0.25, -0.2) is 0 Å². The van der Waals surface area contributed by atoms with E-state index in [0.717, 1.165) is 17.5 Å². The van der Waals surface area contributed by atoms with Crippen molar-refractivity contribution in [2.75, 3.05) is 0 Å². The quantitative estimate of drug-likeness (QED) is 0.912. The minimum absolute atomic E-state index is 0.0240. The zero-order valence-electron chi connectivity index (χ0n) is 10.7. The number of rotatable bonds is 5. The summed E-state index contributed by atoms with van der Waals surface area (Å²) in [6.45, 7) is 1.97. The third-order valence-corrected chi connectivity index (χ3v) is 3.21. The molecular weight excluding hydrogens is 262 g/mol. The van der Waals surface area contributed by atoms with E-state index in [1.165, 1.54) is 0 Å². The highest BCUT2D eigenvalue weighted by Gasteiger charge is 2.10. The molecule has 0 saturated carbocycles. The van der Waals surface area contributed by atoms with Gasteiger partial charge in [0.25, 0.3) is 0 Å². The molecule has 1 aromatic heterocycles. The van der Waals surface area contributed by atoms with Crippen LogP contribution in [-0.2, 0) is 17.6 Å². The Labute approximate surface area is 117 Å². The smallest absolute Gasteiger partial charge is 0.224 e. The van der Waals surface area contributed by atoms with Crippen molar-refractivity contribution in [3.05, 3.63) is 59.0 Å². The fraction of sp³-hybridized carbons (Fsp3) is 0.267. The number of furan rings is 1. The van der Waals surface area contributed by atoms with Crippen molar-refractivity contribution in [3.8, 4) is 0 Å². The largest absolute Gasteiger partial charge is 0.472 e. The first-order valence-electron chi connectivity index (χ1n) is 6.19. The van der Waals surface area contributed by atoms with Crippen LogP contribution in [0.15, 0.2) is 47.3 Å². The van der Waals surface area contributed by atoms with Crippen LogP contribution in [0.1, 0.15) is 18.1 Å². The first-order chi connectivity index (χ1) is 9.15. The summed E-state index contributed by atoms with van der Waals surface area (Å²) in [5.41, 5.74) is 1.92. The molecule has 1 N–H and O–H groups in total. The normalized spacial score (nSPS) is 12.1. The third kappa shape index (κ3) is 4.14. The lowest BCUT2D eigenvalue weighted by molar-refractivity contribution is -0.121. The first kappa shape index (κ1) is 13.7. The minimum Gasteiger partial charge on any atom is -0.472 e. The zero-order chi connectivity index (χ0) is 13.7. The van der Waals surface area contributed by atoms with Gasteiger partial charge >= 0.3 is 0 Å². The molecule has 1 atom stereocenters. The number of amides is 1. The maximum atomic E-state index is 11.9. The van der Waals surface area contributed by atoms with E-state index in [1.54, 1.807) is 18.6 Å². The van der Waals surface area contributed by atoms with Gasteiger partial charge in [0.1, 0.15) is 0 Å². The van der Waals surface area contributed by atoms with Gasteiger partial charge in [0.15, 0.2) is 0 Å². The minimum atomic E-state index is -0.0240. The van der Waals surface area contributed by atoms with Crippen LogP contribution in [0.2, 0.25) is 5.02 Å². The van der Waals surface area contributed by atoms with Crippen molar-refractivity contribution < 1.29 is 9.21 Å². The van der Waals surface area contributed by atoms with E-state index in [9.17, 15) is 4.79 Å². The highest BCUT2D eigenvalue weighted by atomic mass is 35.5. The van der Waals surface area contributed by atoms with Gasteiger partial charge in [-0.1, -0.05) is 29.8 Å². The van der Waals surface area contributed by atoms with Crippen LogP contribution in [0, 0.1) is 0 Å². The second-order valence-corrected chi connectivity index (χ2v) is 4.98. The molecule has 0 bridgehead atoms. The number of hydrogen-bond acceptors (Lipinski definition) is 2. The average molecular weight is 278 g/mol. The maximum Gasteiger partial charge on any atom is 0.224 e. The number of nitrogens with one attached hydrogen (secondary N) is 1. The molecule has 2 aromatic rings. The van der Waals surface area contributed by atoms with Gasteiger partial charge in [-0.05, 0) is 36.6 Å². The molecule has 19 heavy (non-hydrogen) atoms. The van der Waals surface area contributed by atoms with Crippen LogP contribution >= 0.6 is 11.6 Å². The van der Waals surface area contributed by atoms with Gasteiger partial charge in [-0.3, -0.25) is 4.79 Å². The van der Waals surface area contributed by atoms with Crippen molar-refractivity contribution in [2.24, 2.45) is 0 Å². The van der Waals surface area contributed by atoms with Crippen molar-refractivity contribution in [1.29, 1.82) is 0 Å². The highest BCUT2D eigenvalue weighted by molar-refractivity contribution is 6.31. The van der Waals surface area contributed by atoms with E-state index < -0.39 is 0 Å². The monoisotopic (exact) mass is 277 g/mol. The molecule has 100 valence electrons. The Bertz CT molecular complexity index is 537. The molecule has 2 rings (SSSR count). The van der Waals surface area contributed by atoms with Crippen LogP contribution < -0.4 is 5.32 Å². The van der Waals surface area contributed by atoms with Crippen LogP contribution in [0.25, 0.3) is 0 Å². The van der Waals surface area contributed by atoms with Crippen LogP contribution in [0.5, 0.6) is 0 Å². The Morgan fingerprint density at radius 3 is 2.84 bits per heavy atom. The fourth-order valence-corrected chi connectivity index (χ4v) is 2.16. The molecule has 1 heterocycles. The maximum absolute atomic E-state index is 11.9. The van der Waals surface area contributed by atoms with Crippen LogP contribution in [-0.4, -0.2) is 11.9 Å². The van der Waals surface area contributed by atoms with E-state index in [4.69, 9.17) is 16.0 Å². The summed E-state index contributed by atoms with van der Waals surface area (Å²) in [7, 11) is 0. The Morgan fingerprint density at radius 2 is 2.16 bits per heavy atom. The number of carbonyl (C=O) groups is 1. The van der Waals surface area contributed by atoms with Gasteiger partial charge < -0.3 is 9.73 Å². The molecule has 0 saturated heterocycles. The topological polar surface area (TPSA) is 42.2 Å². The predicted octanol–water partition coefficient (Wildman–Crippen LogP) is 3.22. The Morgan fingerprint density at radius 1 is 1.37 bits per heavy atom. The number of carbonyl (C=O) groups excluding carboxylic acids is 1. The molecule has 1 amide bonds. The summed E-state index contributed by atoms with van der Waals surface area (Å²) in [5.74, 6) is -0.0240. The SMILES string of the molecule is C[C@H](Cc1ccoc1)NC(=O)Cc1ccccc1Cl. The molecule has 0 aliphatic heterocycles. The first-order valence-corrected chi connectivity index (χ1v) is 6.57. The molecule has 0 radical (unpaired) electrons. The van der Waals surface area contributed by atoms with Crippen molar-refractivity contribution in [1.82, 2.24) is 5.32 Å². The Hall–Kier alpha value is -1.74. The van der Waals surface area contributed by atoms with E-state index in [0.29, 0.717) is 11.4 Å². The van der Waals surface area contributed by atoms with E-state index >= 15 is 0 Å². The van der Waals surface area contributed by atoms with Gasteiger partial charge in [0, 0.05) is 11.1 Å². The summed E-state index contributed by atoms with van der Waals surface area (Å²) >= 11 is 6.03. The second-order valence-electron chi connectivity index (χ2n) is 4.57. The van der Waals surface area contributed by atoms with Gasteiger partial charge in [-0.15, -0.1) is 0 Å². The molecule has 0 fully saturated rings. The lowest BCUT2D eigenvalue weighted by atomic mass is 10.1. The summed E-state index contributed by atoms with van der Waals surface area (Å²) < 4.78 is 5.00. The van der Waals surface area contributed by atoms with Crippen molar-refractivity contribution >= 4 is 17.5 Å². The van der Waals surface area contributed by atoms with Gasteiger partial charge in [0.2, 0.25) is 5.91 Å². The van der Waals surface area contributed by atoms with Crippen LogP contribution in [0.4, 0.5) is 0 Å². The summed E-state index contributed by atoms with van der Waals surface area (Å²) in [4.78, 5) is 11.9. The standard InChI is InChI=1S/C15H16ClNO2/c1-11(8-12-6-7-19-10-12)17-15(18)9-13-4-2-3-5-14(13)16/h2-7,10-11H,8-9H2,1H3,(H,17,18)/t11-/m1/s1. The van der Waals surface area contributed by atoms with Crippen LogP contribution in [0.3, 0.4) is 0 Å². The molecule has 3 nitrogen and oxygen atoms in total. The van der Waals surface area contributed by atoms with Crippen molar-refractivity contribution in [3.63, 3.8) is 0 Å². The Kier molecular flexibility index (Phi) is 4.63. The molecule has 0 unspecified atom stereocenters. The third-order valence-electron chi connectivity index (χ3n) is 2.84.